The van der Waals surface area contributed by atoms with Gasteiger partial charge in [-0.2, -0.15) is 5.10 Å². The average Bonchev–Trinajstić information content (AvgIpc) is 3.16. The molecule has 0 atom stereocenters. The number of nitrogens with one attached hydrogen (secondary N) is 1. The first-order valence-corrected chi connectivity index (χ1v) is 9.43. The number of carbonyl (C=O) groups excluding carboxylic acids is 1. The highest BCUT2D eigenvalue weighted by Gasteiger charge is 2.13. The fourth-order valence-corrected chi connectivity index (χ4v) is 3.25. The molecule has 0 saturated heterocycles. The Balaban J connectivity index is 1.53. The van der Waals surface area contributed by atoms with E-state index in [2.05, 4.69) is 10.4 Å². The van der Waals surface area contributed by atoms with E-state index in [0.29, 0.717) is 12.1 Å². The minimum atomic E-state index is -0.0765. The van der Waals surface area contributed by atoms with Crippen molar-refractivity contribution in [3.8, 4) is 11.3 Å². The molecule has 0 spiro atoms. The number of pyridine rings is 1. The summed E-state index contributed by atoms with van der Waals surface area (Å²) in [7, 11) is 0. The van der Waals surface area contributed by atoms with Gasteiger partial charge in [-0.1, -0.05) is 48.5 Å². The molecule has 0 radical (unpaired) electrons. The van der Waals surface area contributed by atoms with Crippen LogP contribution in [0.1, 0.15) is 22.3 Å². The number of nitrogens with zero attached hydrogens (tertiary/aromatic N) is 3. The van der Waals surface area contributed by atoms with E-state index in [9.17, 15) is 4.79 Å². The summed E-state index contributed by atoms with van der Waals surface area (Å²) in [5.74, 6) is -0.0765. The summed E-state index contributed by atoms with van der Waals surface area (Å²) in [6.45, 7) is 3.39. The molecule has 0 aliphatic carbocycles. The molecule has 0 aliphatic rings. The van der Waals surface area contributed by atoms with E-state index in [-0.39, 0.29) is 5.91 Å². The van der Waals surface area contributed by atoms with Crippen molar-refractivity contribution < 1.29 is 4.79 Å². The van der Waals surface area contributed by atoms with Gasteiger partial charge in [-0.05, 0) is 31.0 Å². The van der Waals surface area contributed by atoms with Gasteiger partial charge < -0.3 is 5.32 Å². The van der Waals surface area contributed by atoms with Crippen LogP contribution in [0.4, 0.5) is 0 Å². The van der Waals surface area contributed by atoms with Crippen molar-refractivity contribution in [2.75, 3.05) is 6.54 Å². The molecular weight excluding hydrogens is 348 g/mol. The highest BCUT2D eigenvalue weighted by molar-refractivity contribution is 6.07. The second kappa shape index (κ2) is 8.05. The van der Waals surface area contributed by atoms with E-state index < -0.39 is 0 Å². The van der Waals surface area contributed by atoms with Gasteiger partial charge in [0.25, 0.3) is 5.91 Å². The Kier molecular flexibility index (Phi) is 5.15. The minimum Gasteiger partial charge on any atom is -0.352 e. The molecule has 4 aromatic rings. The quantitative estimate of drug-likeness (QED) is 0.517. The maximum absolute atomic E-state index is 12.9. The van der Waals surface area contributed by atoms with Crippen LogP contribution in [0.2, 0.25) is 0 Å². The molecule has 4 rings (SSSR count). The van der Waals surface area contributed by atoms with Gasteiger partial charge in [0.15, 0.2) is 0 Å². The zero-order valence-electron chi connectivity index (χ0n) is 15.8. The van der Waals surface area contributed by atoms with Crippen molar-refractivity contribution in [2.24, 2.45) is 0 Å². The molecule has 0 bridgehead atoms. The largest absolute Gasteiger partial charge is 0.352 e. The van der Waals surface area contributed by atoms with E-state index in [1.165, 1.54) is 0 Å². The van der Waals surface area contributed by atoms with Gasteiger partial charge in [-0.3, -0.25) is 9.48 Å². The maximum atomic E-state index is 12.9. The van der Waals surface area contributed by atoms with Gasteiger partial charge in [-0.15, -0.1) is 0 Å². The zero-order valence-corrected chi connectivity index (χ0v) is 15.8. The molecule has 5 nitrogen and oxygen atoms in total. The zero-order chi connectivity index (χ0) is 19.3. The monoisotopic (exact) mass is 370 g/mol. The molecule has 2 heterocycles. The highest BCUT2D eigenvalue weighted by Crippen LogP contribution is 2.24. The van der Waals surface area contributed by atoms with E-state index >= 15 is 0 Å². The lowest BCUT2D eigenvalue weighted by Crippen LogP contribution is -2.25. The molecule has 0 aliphatic heterocycles. The number of hydrogen-bond donors (Lipinski definition) is 1. The summed E-state index contributed by atoms with van der Waals surface area (Å²) in [6, 6.07) is 19.6. The number of benzene rings is 2. The Hall–Kier alpha value is -3.47. The summed E-state index contributed by atoms with van der Waals surface area (Å²) in [6.07, 6.45) is 4.67. The van der Waals surface area contributed by atoms with Crippen molar-refractivity contribution in [3.05, 3.63) is 84.2 Å². The van der Waals surface area contributed by atoms with Crippen molar-refractivity contribution in [2.45, 2.75) is 19.9 Å². The molecule has 1 amide bonds. The lowest BCUT2D eigenvalue weighted by atomic mass is 10.0. The number of para-hydroxylation sites is 1. The minimum absolute atomic E-state index is 0.0765. The first-order valence-electron chi connectivity index (χ1n) is 9.43. The number of amides is 1. The predicted molar refractivity (Wildman–Crippen MR) is 111 cm³/mol. The third-order valence-electron chi connectivity index (χ3n) is 4.64. The van der Waals surface area contributed by atoms with Crippen LogP contribution in [0.15, 0.2) is 73.1 Å². The number of hydrogen-bond acceptors (Lipinski definition) is 3. The van der Waals surface area contributed by atoms with Crippen LogP contribution in [0.3, 0.4) is 0 Å². The number of aromatic nitrogens is 3. The van der Waals surface area contributed by atoms with Gasteiger partial charge in [0.05, 0.1) is 23.0 Å². The van der Waals surface area contributed by atoms with Crippen LogP contribution >= 0.6 is 0 Å². The second-order valence-corrected chi connectivity index (χ2v) is 6.83. The normalized spacial score (nSPS) is 10.9. The summed E-state index contributed by atoms with van der Waals surface area (Å²) in [5, 5.41) is 8.17. The van der Waals surface area contributed by atoms with E-state index in [4.69, 9.17) is 4.98 Å². The Morgan fingerprint density at radius 1 is 1.07 bits per heavy atom. The fraction of sp³-hybridized carbons (Fsp3) is 0.174. The van der Waals surface area contributed by atoms with Crippen molar-refractivity contribution in [1.82, 2.24) is 20.1 Å². The average molecular weight is 370 g/mol. The molecule has 5 heteroatoms. The molecule has 28 heavy (non-hydrogen) atoms. The third kappa shape index (κ3) is 3.93. The van der Waals surface area contributed by atoms with E-state index in [0.717, 1.165) is 40.7 Å². The second-order valence-electron chi connectivity index (χ2n) is 6.83. The van der Waals surface area contributed by atoms with Crippen LogP contribution in [0.25, 0.3) is 22.2 Å². The van der Waals surface area contributed by atoms with Crippen LogP contribution in [-0.4, -0.2) is 27.2 Å². The summed E-state index contributed by atoms with van der Waals surface area (Å²) in [4.78, 5) is 17.6. The third-order valence-corrected chi connectivity index (χ3v) is 4.64. The molecule has 0 unspecified atom stereocenters. The molecule has 0 saturated carbocycles. The molecule has 1 N–H and O–H groups in total. The predicted octanol–water partition coefficient (Wildman–Crippen LogP) is 4.23. The number of rotatable bonds is 6. The summed E-state index contributed by atoms with van der Waals surface area (Å²) in [5.41, 5.74) is 4.41. The van der Waals surface area contributed by atoms with Gasteiger partial charge >= 0.3 is 0 Å². The smallest absolute Gasteiger partial charge is 0.252 e. The highest BCUT2D eigenvalue weighted by atomic mass is 16.1. The van der Waals surface area contributed by atoms with Crippen molar-refractivity contribution in [3.63, 3.8) is 0 Å². The SMILES string of the molecule is Cc1cnn(CCCNC(=O)c2cc(-c3ccccc3)nc3ccccc23)c1. The van der Waals surface area contributed by atoms with Crippen LogP contribution in [-0.2, 0) is 6.54 Å². The first kappa shape index (κ1) is 17.9. The Bertz CT molecular complexity index is 1100. The molecule has 2 aromatic carbocycles. The topological polar surface area (TPSA) is 59.8 Å². The molecule has 140 valence electrons. The fourth-order valence-electron chi connectivity index (χ4n) is 3.25. The Labute approximate surface area is 164 Å². The van der Waals surface area contributed by atoms with Crippen molar-refractivity contribution in [1.29, 1.82) is 0 Å². The molecular formula is C23H22N4O. The van der Waals surface area contributed by atoms with Crippen LogP contribution in [0, 0.1) is 6.92 Å². The van der Waals surface area contributed by atoms with Crippen LogP contribution in [0.5, 0.6) is 0 Å². The summed E-state index contributed by atoms with van der Waals surface area (Å²) < 4.78 is 1.90. The lowest BCUT2D eigenvalue weighted by molar-refractivity contribution is 0.0954. The number of aryl methyl sites for hydroxylation is 2. The standard InChI is InChI=1S/C23H22N4O/c1-17-15-25-27(16-17)13-7-12-24-23(28)20-14-22(18-8-3-2-4-9-18)26-21-11-6-5-10-19(20)21/h2-6,8-11,14-16H,7,12-13H2,1H3,(H,24,28). The summed E-state index contributed by atoms with van der Waals surface area (Å²) >= 11 is 0. The molecule has 0 fully saturated rings. The van der Waals surface area contributed by atoms with Gasteiger partial charge in [-0.25, -0.2) is 4.98 Å². The Morgan fingerprint density at radius 3 is 2.64 bits per heavy atom. The van der Waals surface area contributed by atoms with E-state index in [1.54, 1.807) is 0 Å². The van der Waals surface area contributed by atoms with Crippen molar-refractivity contribution >= 4 is 16.8 Å². The van der Waals surface area contributed by atoms with Crippen LogP contribution < -0.4 is 5.32 Å². The number of carbonyl (C=O) groups is 1. The first-order chi connectivity index (χ1) is 13.7. The molecule has 2 aromatic heterocycles. The van der Waals surface area contributed by atoms with E-state index in [1.807, 2.05) is 84.7 Å². The number of fused-ring (bicyclic) bond motifs is 1. The van der Waals surface area contributed by atoms with Gasteiger partial charge in [0.1, 0.15) is 0 Å². The lowest BCUT2D eigenvalue weighted by Gasteiger charge is -2.11. The van der Waals surface area contributed by atoms with Gasteiger partial charge in [0.2, 0.25) is 0 Å². The Morgan fingerprint density at radius 2 is 1.86 bits per heavy atom. The maximum Gasteiger partial charge on any atom is 0.252 e. The van der Waals surface area contributed by atoms with Gasteiger partial charge in [0, 0.05) is 30.2 Å².